The second-order valence-corrected chi connectivity index (χ2v) is 20.6. The molecule has 0 atom stereocenters. The predicted molar refractivity (Wildman–Crippen MR) is 239 cm³/mol. The zero-order chi connectivity index (χ0) is 39.6. The summed E-state index contributed by atoms with van der Waals surface area (Å²) in [5.41, 5.74) is 22.0. The third kappa shape index (κ3) is 6.11. The first-order valence-electron chi connectivity index (χ1n) is 18.8. The zero-order valence-electron chi connectivity index (χ0n) is 37.0. The molecule has 0 fully saturated rings. The van der Waals surface area contributed by atoms with Crippen LogP contribution >= 0.6 is 0 Å². The number of allylic oxidation sites excluding steroid dienone is 4. The Bertz CT molecular complexity index is 1750. The van der Waals surface area contributed by atoms with E-state index < -0.39 is 8.07 Å². The number of aryl methyl sites for hydroxylation is 3. The molecule has 6 nitrogen and oxygen atoms in total. The number of hydrogen-bond acceptors (Lipinski definition) is 6. The van der Waals surface area contributed by atoms with Crippen molar-refractivity contribution >= 4 is 57.8 Å². The number of nitrogens with zero attached hydrogens (tertiary/aromatic N) is 6. The molecular formula is C45H70N6Si. The molecule has 52 heavy (non-hydrogen) atoms. The van der Waals surface area contributed by atoms with Crippen LogP contribution in [0, 0.1) is 41.5 Å². The van der Waals surface area contributed by atoms with Crippen molar-refractivity contribution in [2.45, 2.75) is 74.8 Å². The van der Waals surface area contributed by atoms with Gasteiger partial charge in [0.05, 0.1) is 0 Å². The van der Waals surface area contributed by atoms with E-state index in [2.05, 4.69) is 201 Å². The monoisotopic (exact) mass is 723 g/mol. The summed E-state index contributed by atoms with van der Waals surface area (Å²) < 4.78 is 0. The van der Waals surface area contributed by atoms with Crippen molar-refractivity contribution in [3.63, 3.8) is 0 Å². The maximum atomic E-state index is 2.49. The van der Waals surface area contributed by atoms with Gasteiger partial charge in [0.15, 0.2) is 8.07 Å². The summed E-state index contributed by atoms with van der Waals surface area (Å²) in [6.07, 6.45) is 0. The van der Waals surface area contributed by atoms with Crippen molar-refractivity contribution in [2.24, 2.45) is 0 Å². The number of benzene rings is 3. The lowest BCUT2D eigenvalue weighted by Crippen LogP contribution is -2.73. The van der Waals surface area contributed by atoms with E-state index in [0.717, 1.165) is 0 Å². The van der Waals surface area contributed by atoms with Crippen LogP contribution in [0.25, 0.3) is 0 Å². The first kappa shape index (κ1) is 40.9. The molecular weight excluding hydrogens is 653 g/mol. The minimum absolute atomic E-state index is 0.158. The molecule has 0 bridgehead atoms. The van der Waals surface area contributed by atoms with Crippen LogP contribution in [0.15, 0.2) is 40.5 Å². The first-order valence-corrected chi connectivity index (χ1v) is 20.9. The fourth-order valence-corrected chi connectivity index (χ4v) is 17.2. The standard InChI is InChI=1S/C45H70N6Si/c1-26-23-36(46(11)12)43(39(29(26)4)49(17)18)52(42-34(9)32(7)33(8)35(42)10,44-37(47(13)14)24-27(2)30(5)40(44)50(19)20)45-38(48(15)16)25-28(3)31(6)41(45)51(21)22/h23-25,42H,1-22H3. The van der Waals surface area contributed by atoms with E-state index >= 15 is 0 Å². The summed E-state index contributed by atoms with van der Waals surface area (Å²) in [4.78, 5) is 14.5. The zero-order valence-corrected chi connectivity index (χ0v) is 38.0. The molecule has 284 valence electrons. The van der Waals surface area contributed by atoms with Crippen LogP contribution in [0.4, 0.5) is 34.1 Å². The Hall–Kier alpha value is -3.84. The molecule has 0 N–H and O–H groups in total. The van der Waals surface area contributed by atoms with E-state index in [-0.39, 0.29) is 5.54 Å². The van der Waals surface area contributed by atoms with E-state index in [0.29, 0.717) is 0 Å². The van der Waals surface area contributed by atoms with E-state index in [4.69, 9.17) is 0 Å². The Morgan fingerprint density at radius 3 is 0.788 bits per heavy atom. The van der Waals surface area contributed by atoms with Crippen LogP contribution in [0.3, 0.4) is 0 Å². The molecule has 3 aromatic carbocycles. The first-order chi connectivity index (χ1) is 24.0. The normalized spacial score (nSPS) is 13.7. The molecule has 1 aliphatic carbocycles. The summed E-state index contributed by atoms with van der Waals surface area (Å²) in [6.45, 7) is 23.6. The van der Waals surface area contributed by atoms with Gasteiger partial charge < -0.3 is 29.4 Å². The smallest absolute Gasteiger partial charge is 0.175 e. The molecule has 3 aromatic rings. The highest BCUT2D eigenvalue weighted by Gasteiger charge is 2.58. The Labute approximate surface area is 319 Å². The second kappa shape index (κ2) is 14.5. The van der Waals surface area contributed by atoms with Crippen molar-refractivity contribution in [3.05, 3.63) is 73.9 Å². The molecule has 0 saturated carbocycles. The minimum atomic E-state index is -3.37. The topological polar surface area (TPSA) is 19.4 Å². The van der Waals surface area contributed by atoms with Crippen molar-refractivity contribution in [1.29, 1.82) is 0 Å². The van der Waals surface area contributed by atoms with Gasteiger partial charge in [0, 0.05) is 124 Å². The number of anilines is 6. The quantitative estimate of drug-likeness (QED) is 0.159. The van der Waals surface area contributed by atoms with Gasteiger partial charge in [-0.2, -0.15) is 0 Å². The Kier molecular flexibility index (Phi) is 11.4. The third-order valence-electron chi connectivity index (χ3n) is 12.4. The van der Waals surface area contributed by atoms with E-state index in [9.17, 15) is 0 Å². The van der Waals surface area contributed by atoms with Crippen LogP contribution in [0.5, 0.6) is 0 Å². The highest BCUT2D eigenvalue weighted by Crippen LogP contribution is 2.52. The molecule has 0 heterocycles. The van der Waals surface area contributed by atoms with Crippen molar-refractivity contribution in [1.82, 2.24) is 0 Å². The summed E-state index contributed by atoms with van der Waals surface area (Å²) >= 11 is 0. The van der Waals surface area contributed by atoms with Crippen LogP contribution in [0.2, 0.25) is 5.54 Å². The largest absolute Gasteiger partial charge is 0.378 e. The van der Waals surface area contributed by atoms with Crippen molar-refractivity contribution in [2.75, 3.05) is 114 Å². The summed E-state index contributed by atoms with van der Waals surface area (Å²) in [6, 6.07) is 7.47. The average molecular weight is 723 g/mol. The lowest BCUT2D eigenvalue weighted by Gasteiger charge is -2.50. The van der Waals surface area contributed by atoms with Gasteiger partial charge in [0.25, 0.3) is 0 Å². The van der Waals surface area contributed by atoms with Gasteiger partial charge in [-0.15, -0.1) is 0 Å². The van der Waals surface area contributed by atoms with Gasteiger partial charge in [0.1, 0.15) is 0 Å². The molecule has 0 amide bonds. The summed E-state index contributed by atoms with van der Waals surface area (Å²) in [7, 11) is 23.7. The fourth-order valence-electron chi connectivity index (χ4n) is 9.35. The van der Waals surface area contributed by atoms with Gasteiger partial charge in [-0.3, -0.25) is 0 Å². The highest BCUT2D eigenvalue weighted by molar-refractivity contribution is 7.17. The molecule has 7 heteroatoms. The molecule has 0 unspecified atom stereocenters. The Morgan fingerprint density at radius 1 is 0.365 bits per heavy atom. The lowest BCUT2D eigenvalue weighted by molar-refractivity contribution is 1.05. The molecule has 0 spiro atoms. The van der Waals surface area contributed by atoms with Gasteiger partial charge in [0.2, 0.25) is 0 Å². The average Bonchev–Trinajstić information content (AvgIpc) is 3.23. The van der Waals surface area contributed by atoms with E-state index in [1.807, 2.05) is 0 Å². The maximum Gasteiger partial charge on any atom is 0.175 e. The minimum Gasteiger partial charge on any atom is -0.378 e. The SMILES string of the molecule is CC1=C(C)C([Si](c2c(N(C)C)cc(C)c(C)c2N(C)C)(c2c(N(C)C)cc(C)c(C)c2N(C)C)c2c(N(C)C)cc(C)c(C)c2N(C)C)C(C)=C1C. The molecule has 1 aliphatic rings. The van der Waals surface area contributed by atoms with Gasteiger partial charge in [-0.25, -0.2) is 0 Å². The number of hydrogen-bond donors (Lipinski definition) is 0. The van der Waals surface area contributed by atoms with Gasteiger partial charge in [-0.05, 0) is 148 Å². The predicted octanol–water partition coefficient (Wildman–Crippen LogP) is 7.46. The lowest BCUT2D eigenvalue weighted by atomic mass is 10.0. The summed E-state index contributed by atoms with van der Waals surface area (Å²) in [5.74, 6) is 0. The fraction of sp³-hybridized carbons (Fsp3) is 0.511. The maximum absolute atomic E-state index is 3.37. The van der Waals surface area contributed by atoms with Gasteiger partial charge in [-0.1, -0.05) is 11.1 Å². The molecule has 0 aromatic heterocycles. The number of rotatable bonds is 10. The van der Waals surface area contributed by atoms with Crippen LogP contribution in [0.1, 0.15) is 61.1 Å². The van der Waals surface area contributed by atoms with Crippen LogP contribution < -0.4 is 45.0 Å². The highest BCUT2D eigenvalue weighted by atomic mass is 28.3. The Morgan fingerprint density at radius 2 is 0.596 bits per heavy atom. The second-order valence-electron chi connectivity index (χ2n) is 16.9. The molecule has 4 rings (SSSR count). The van der Waals surface area contributed by atoms with E-state index in [1.54, 1.807) is 0 Å². The van der Waals surface area contributed by atoms with Crippen molar-refractivity contribution < 1.29 is 0 Å². The van der Waals surface area contributed by atoms with Crippen LogP contribution in [-0.2, 0) is 0 Å². The van der Waals surface area contributed by atoms with E-state index in [1.165, 1.54) is 105 Å². The Balaban J connectivity index is 2.79. The van der Waals surface area contributed by atoms with Gasteiger partial charge >= 0.3 is 0 Å². The van der Waals surface area contributed by atoms with Crippen molar-refractivity contribution in [3.8, 4) is 0 Å². The molecule has 0 radical (unpaired) electrons. The summed E-state index contributed by atoms with van der Waals surface area (Å²) in [5, 5.41) is 4.46. The molecule has 0 aliphatic heterocycles. The third-order valence-corrected chi connectivity index (χ3v) is 18.0. The molecule has 0 saturated heterocycles. The van der Waals surface area contributed by atoms with Crippen LogP contribution in [-0.4, -0.2) is 92.6 Å².